The van der Waals surface area contributed by atoms with Crippen molar-refractivity contribution in [1.29, 1.82) is 0 Å². The van der Waals surface area contributed by atoms with Gasteiger partial charge in [0.15, 0.2) is 0 Å². The largest absolute Gasteiger partial charge is 0.611 e. The van der Waals surface area contributed by atoms with Crippen molar-refractivity contribution < 1.29 is 9.29 Å². The Kier molecular flexibility index (Phi) is 6.14. The van der Waals surface area contributed by atoms with Gasteiger partial charge in [-0.25, -0.2) is 15.0 Å². The van der Waals surface area contributed by atoms with E-state index in [1.165, 1.54) is 11.3 Å². The number of thiophene rings is 1. The van der Waals surface area contributed by atoms with E-state index in [1.807, 2.05) is 36.4 Å². The van der Waals surface area contributed by atoms with Gasteiger partial charge in [0.2, 0.25) is 10.2 Å². The van der Waals surface area contributed by atoms with Gasteiger partial charge in [-0.05, 0) is 28.4 Å². The van der Waals surface area contributed by atoms with Gasteiger partial charge in [-0.1, -0.05) is 41.7 Å². The van der Waals surface area contributed by atoms with Crippen LogP contribution < -0.4 is 11.5 Å². The molecular formula is C21H21N5O2S2. The number of nitrogens with zero attached hydrogens (tertiary/aromatic N) is 3. The van der Waals surface area contributed by atoms with E-state index in [0.29, 0.717) is 34.4 Å². The van der Waals surface area contributed by atoms with Gasteiger partial charge in [0.25, 0.3) is 0 Å². The van der Waals surface area contributed by atoms with Crippen LogP contribution in [0.25, 0.3) is 32.6 Å². The zero-order chi connectivity index (χ0) is 21.1. The van der Waals surface area contributed by atoms with Gasteiger partial charge in [0.05, 0.1) is 12.3 Å². The molecule has 30 heavy (non-hydrogen) atoms. The Hall–Kier alpha value is -2.72. The fourth-order valence-electron chi connectivity index (χ4n) is 3.16. The molecule has 4 aromatic rings. The molecule has 0 radical (unpaired) electrons. The molecule has 1 aromatic carbocycles. The number of aromatic nitrogens is 3. The van der Waals surface area contributed by atoms with E-state index in [-0.39, 0.29) is 5.95 Å². The predicted molar refractivity (Wildman–Crippen MR) is 123 cm³/mol. The van der Waals surface area contributed by atoms with E-state index in [9.17, 15) is 4.55 Å². The normalized spacial score (nSPS) is 12.3. The number of nitrogens with two attached hydrogens (primary N) is 2. The zero-order valence-electron chi connectivity index (χ0n) is 16.4. The molecule has 4 rings (SSSR count). The highest BCUT2D eigenvalue weighted by molar-refractivity contribution is 7.93. The Labute approximate surface area is 181 Å². The number of fused-ring (bicyclic) bond motifs is 1. The molecule has 0 amide bonds. The molecule has 154 valence electrons. The molecular weight excluding hydrogens is 418 g/mol. The summed E-state index contributed by atoms with van der Waals surface area (Å²) < 4.78 is 18.6. The van der Waals surface area contributed by atoms with Crippen LogP contribution in [0, 0.1) is 0 Å². The third-order valence-corrected chi connectivity index (χ3v) is 7.60. The van der Waals surface area contributed by atoms with Crippen molar-refractivity contribution in [2.45, 2.75) is 10.6 Å². The van der Waals surface area contributed by atoms with Gasteiger partial charge in [-0.3, -0.25) is 0 Å². The Balaban J connectivity index is 1.87. The van der Waals surface area contributed by atoms with Crippen molar-refractivity contribution >= 4 is 44.4 Å². The summed E-state index contributed by atoms with van der Waals surface area (Å²) in [6.45, 7) is 0.561. The molecule has 4 N–H and O–H groups in total. The highest BCUT2D eigenvalue weighted by Crippen LogP contribution is 2.43. The Morgan fingerprint density at radius 1 is 1.10 bits per heavy atom. The lowest BCUT2D eigenvalue weighted by molar-refractivity contribution is 0.199. The van der Waals surface area contributed by atoms with Crippen LogP contribution >= 0.6 is 11.3 Å². The first kappa shape index (κ1) is 20.5. The number of nitrogen functional groups attached to an aromatic ring is 2. The lowest BCUT2D eigenvalue weighted by atomic mass is 10.0. The Bertz CT molecular complexity index is 1150. The molecule has 0 bridgehead atoms. The van der Waals surface area contributed by atoms with Crippen LogP contribution in [0.15, 0.2) is 53.0 Å². The van der Waals surface area contributed by atoms with Crippen LogP contribution in [0.4, 0.5) is 11.6 Å². The van der Waals surface area contributed by atoms with Crippen molar-refractivity contribution in [3.8, 4) is 22.4 Å². The minimum Gasteiger partial charge on any atom is -0.611 e. The molecule has 0 aliphatic rings. The quantitative estimate of drug-likeness (QED) is 0.332. The molecule has 0 aliphatic carbocycles. The Morgan fingerprint density at radius 2 is 1.83 bits per heavy atom. The number of hydrogen-bond acceptors (Lipinski definition) is 8. The predicted octanol–water partition coefficient (Wildman–Crippen LogP) is 3.73. The topological polar surface area (TPSA) is 123 Å². The van der Waals surface area contributed by atoms with Crippen molar-refractivity contribution in [2.24, 2.45) is 0 Å². The zero-order valence-corrected chi connectivity index (χ0v) is 18.0. The summed E-state index contributed by atoms with van der Waals surface area (Å²) in [5.41, 5.74) is 16.0. The summed E-state index contributed by atoms with van der Waals surface area (Å²) in [5.74, 6) is 0.696. The summed E-state index contributed by atoms with van der Waals surface area (Å²) >= 11 is 0.153. The fraction of sp³-hybridized carbons (Fsp3) is 0.190. The fourth-order valence-corrected chi connectivity index (χ4v) is 5.79. The van der Waals surface area contributed by atoms with Crippen molar-refractivity contribution in [3.05, 3.63) is 48.8 Å². The SMILES string of the molecule is COCCC[S+]([O-])c1sc2nc(-c3cnc(N)nc3)cc(-c3ccccc3)c2c1N. The molecule has 3 aromatic heterocycles. The monoisotopic (exact) mass is 439 g/mol. The maximum Gasteiger partial charge on any atom is 0.232 e. The lowest BCUT2D eigenvalue weighted by Gasteiger charge is -2.09. The summed E-state index contributed by atoms with van der Waals surface area (Å²) in [5, 5.41) is 0.821. The lowest BCUT2D eigenvalue weighted by Crippen LogP contribution is -2.09. The summed E-state index contributed by atoms with van der Waals surface area (Å²) in [6.07, 6.45) is 3.99. The van der Waals surface area contributed by atoms with Crippen molar-refractivity contribution in [1.82, 2.24) is 15.0 Å². The summed E-state index contributed by atoms with van der Waals surface area (Å²) in [4.78, 5) is 13.7. The first-order valence-electron chi connectivity index (χ1n) is 9.32. The van der Waals surface area contributed by atoms with Crippen LogP contribution in [0.1, 0.15) is 6.42 Å². The van der Waals surface area contributed by atoms with E-state index < -0.39 is 11.2 Å². The number of ether oxygens (including phenoxy) is 1. The van der Waals surface area contributed by atoms with Crippen LogP contribution in [0.5, 0.6) is 0 Å². The minimum absolute atomic E-state index is 0.206. The van der Waals surface area contributed by atoms with Gasteiger partial charge in [-0.2, -0.15) is 0 Å². The molecule has 9 heteroatoms. The maximum atomic E-state index is 12.9. The molecule has 7 nitrogen and oxygen atoms in total. The van der Waals surface area contributed by atoms with E-state index in [0.717, 1.165) is 26.9 Å². The van der Waals surface area contributed by atoms with Crippen LogP contribution in [0.3, 0.4) is 0 Å². The van der Waals surface area contributed by atoms with Crippen LogP contribution in [-0.4, -0.2) is 39.0 Å². The second kappa shape index (κ2) is 8.97. The number of benzene rings is 1. The summed E-state index contributed by atoms with van der Waals surface area (Å²) in [7, 11) is 1.63. The highest BCUT2D eigenvalue weighted by Gasteiger charge is 2.24. The van der Waals surface area contributed by atoms with Gasteiger partial charge >= 0.3 is 0 Å². The average molecular weight is 440 g/mol. The second-order valence-corrected chi connectivity index (χ2v) is 9.40. The summed E-state index contributed by atoms with van der Waals surface area (Å²) in [6, 6.07) is 11.9. The third kappa shape index (κ3) is 4.10. The number of rotatable bonds is 7. The Morgan fingerprint density at radius 3 is 2.53 bits per heavy atom. The van der Waals surface area contributed by atoms with Crippen molar-refractivity contribution in [2.75, 3.05) is 30.9 Å². The molecule has 1 atom stereocenters. The second-order valence-electron chi connectivity index (χ2n) is 6.63. The molecule has 3 heterocycles. The standard InChI is InChI=1S/C21H21N5O2S2/c1-28-8-5-9-30(27)20-18(22)17-15(13-6-3-2-4-7-13)10-16(26-19(17)29-20)14-11-24-21(23)25-12-14/h2-4,6-7,10-12H,5,8-9,22H2,1H3,(H2,23,24,25). The van der Waals surface area contributed by atoms with Gasteiger partial charge in [-0.15, -0.1) is 0 Å². The van der Waals surface area contributed by atoms with Gasteiger partial charge in [0.1, 0.15) is 16.3 Å². The average Bonchev–Trinajstić information content (AvgIpc) is 3.11. The molecule has 0 fully saturated rings. The number of methoxy groups -OCH3 is 1. The van der Waals surface area contributed by atoms with E-state index in [1.54, 1.807) is 19.5 Å². The third-order valence-electron chi connectivity index (χ3n) is 4.60. The molecule has 0 aliphatic heterocycles. The number of hydrogen-bond donors (Lipinski definition) is 2. The smallest absolute Gasteiger partial charge is 0.232 e. The highest BCUT2D eigenvalue weighted by atomic mass is 32.2. The van der Waals surface area contributed by atoms with E-state index in [2.05, 4.69) is 9.97 Å². The van der Waals surface area contributed by atoms with Gasteiger partial charge in [0, 0.05) is 36.9 Å². The van der Waals surface area contributed by atoms with E-state index in [4.69, 9.17) is 21.2 Å². The molecule has 1 unspecified atom stereocenters. The molecule has 0 saturated heterocycles. The minimum atomic E-state index is -1.22. The van der Waals surface area contributed by atoms with Crippen LogP contribution in [0.2, 0.25) is 0 Å². The first-order chi connectivity index (χ1) is 14.6. The first-order valence-corrected chi connectivity index (χ1v) is 11.5. The number of anilines is 2. The molecule has 0 spiro atoms. The van der Waals surface area contributed by atoms with Crippen LogP contribution in [-0.2, 0) is 15.9 Å². The maximum absolute atomic E-state index is 12.9. The van der Waals surface area contributed by atoms with Crippen molar-refractivity contribution in [3.63, 3.8) is 0 Å². The van der Waals surface area contributed by atoms with E-state index >= 15 is 0 Å². The molecule has 0 saturated carbocycles. The number of pyridine rings is 1. The van der Waals surface area contributed by atoms with Gasteiger partial charge < -0.3 is 20.8 Å².